The summed E-state index contributed by atoms with van der Waals surface area (Å²) in [5.74, 6) is -0.0359. The van der Waals surface area contributed by atoms with Gasteiger partial charge in [-0.05, 0) is 42.0 Å². The van der Waals surface area contributed by atoms with Crippen LogP contribution >= 0.6 is 0 Å². The Bertz CT molecular complexity index is 893. The number of anilines is 1. The molecule has 28 heavy (non-hydrogen) atoms. The molecule has 2 aromatic carbocycles. The van der Waals surface area contributed by atoms with Crippen molar-refractivity contribution >= 4 is 21.6 Å². The SMILES string of the molecule is CC(C)c1ccc(NC(=O)C2CCCN(S(=O)(=O)Cc3ccccc3)C2)cc1. The highest BCUT2D eigenvalue weighted by molar-refractivity contribution is 7.88. The zero-order chi connectivity index (χ0) is 20.1. The first kappa shape index (κ1) is 20.6. The number of nitrogens with one attached hydrogen (secondary N) is 1. The van der Waals surface area contributed by atoms with Crippen LogP contribution in [0.3, 0.4) is 0 Å². The highest BCUT2D eigenvalue weighted by Crippen LogP contribution is 2.23. The summed E-state index contributed by atoms with van der Waals surface area (Å²) in [6, 6.07) is 17.0. The van der Waals surface area contributed by atoms with Crippen LogP contribution in [0.5, 0.6) is 0 Å². The van der Waals surface area contributed by atoms with Gasteiger partial charge in [-0.1, -0.05) is 56.3 Å². The van der Waals surface area contributed by atoms with Gasteiger partial charge in [0.1, 0.15) is 0 Å². The predicted molar refractivity (Wildman–Crippen MR) is 113 cm³/mol. The van der Waals surface area contributed by atoms with E-state index in [1.54, 1.807) is 0 Å². The second-order valence-electron chi connectivity index (χ2n) is 7.70. The molecule has 1 saturated heterocycles. The maximum absolute atomic E-state index is 12.8. The van der Waals surface area contributed by atoms with Gasteiger partial charge in [-0.3, -0.25) is 4.79 Å². The number of amides is 1. The largest absolute Gasteiger partial charge is 0.326 e. The standard InChI is InChI=1S/C22H28N2O3S/c1-17(2)19-10-12-21(13-11-19)23-22(25)20-9-6-14-24(15-20)28(26,27)16-18-7-4-3-5-8-18/h3-5,7-8,10-13,17,20H,6,9,14-16H2,1-2H3,(H,23,25). The Morgan fingerprint density at radius 2 is 1.79 bits per heavy atom. The zero-order valence-corrected chi connectivity index (χ0v) is 17.3. The van der Waals surface area contributed by atoms with Crippen LogP contribution in [-0.4, -0.2) is 31.7 Å². The number of benzene rings is 2. The maximum atomic E-state index is 12.8. The first-order valence-electron chi connectivity index (χ1n) is 9.78. The minimum absolute atomic E-state index is 0.0289. The fraction of sp³-hybridized carbons (Fsp3) is 0.409. The number of carbonyl (C=O) groups excluding carboxylic acids is 1. The van der Waals surface area contributed by atoms with Crippen LogP contribution in [0.15, 0.2) is 54.6 Å². The molecular weight excluding hydrogens is 372 g/mol. The third kappa shape index (κ3) is 5.20. The fourth-order valence-corrected chi connectivity index (χ4v) is 5.09. The number of sulfonamides is 1. The fourth-order valence-electron chi connectivity index (χ4n) is 3.48. The van der Waals surface area contributed by atoms with E-state index in [2.05, 4.69) is 19.2 Å². The van der Waals surface area contributed by atoms with Crippen LogP contribution in [0.4, 0.5) is 5.69 Å². The molecule has 0 saturated carbocycles. The molecule has 1 unspecified atom stereocenters. The van der Waals surface area contributed by atoms with E-state index < -0.39 is 10.0 Å². The van der Waals surface area contributed by atoms with E-state index in [0.29, 0.717) is 25.3 Å². The van der Waals surface area contributed by atoms with Gasteiger partial charge in [0.25, 0.3) is 0 Å². The van der Waals surface area contributed by atoms with Gasteiger partial charge in [0.15, 0.2) is 0 Å². The smallest absolute Gasteiger partial charge is 0.228 e. The van der Waals surface area contributed by atoms with Crippen molar-refractivity contribution in [1.29, 1.82) is 0 Å². The van der Waals surface area contributed by atoms with E-state index in [-0.39, 0.29) is 24.1 Å². The van der Waals surface area contributed by atoms with Crippen molar-refractivity contribution in [2.75, 3.05) is 18.4 Å². The van der Waals surface area contributed by atoms with Crippen LogP contribution < -0.4 is 5.32 Å². The molecule has 1 atom stereocenters. The summed E-state index contributed by atoms with van der Waals surface area (Å²) in [5.41, 5.74) is 2.73. The van der Waals surface area contributed by atoms with Crippen molar-refractivity contribution in [3.63, 3.8) is 0 Å². The minimum Gasteiger partial charge on any atom is -0.326 e. The van der Waals surface area contributed by atoms with Gasteiger partial charge in [-0.2, -0.15) is 0 Å². The lowest BCUT2D eigenvalue weighted by molar-refractivity contribution is -0.120. The average Bonchev–Trinajstić information content (AvgIpc) is 2.69. The second-order valence-corrected chi connectivity index (χ2v) is 9.67. The lowest BCUT2D eigenvalue weighted by Crippen LogP contribution is -2.44. The Morgan fingerprint density at radius 3 is 2.43 bits per heavy atom. The minimum atomic E-state index is -3.44. The molecule has 1 amide bonds. The van der Waals surface area contributed by atoms with Gasteiger partial charge in [-0.15, -0.1) is 0 Å². The molecule has 1 aliphatic heterocycles. The Kier molecular flexibility index (Phi) is 6.52. The molecule has 0 aromatic heterocycles. The van der Waals surface area contributed by atoms with Crippen molar-refractivity contribution in [1.82, 2.24) is 4.31 Å². The first-order valence-corrected chi connectivity index (χ1v) is 11.4. The highest BCUT2D eigenvalue weighted by Gasteiger charge is 2.32. The molecule has 0 aliphatic carbocycles. The van der Waals surface area contributed by atoms with Crippen molar-refractivity contribution in [2.45, 2.75) is 38.4 Å². The Morgan fingerprint density at radius 1 is 1.11 bits per heavy atom. The Hall–Kier alpha value is -2.18. The molecule has 1 N–H and O–H groups in total. The number of hydrogen-bond acceptors (Lipinski definition) is 3. The van der Waals surface area contributed by atoms with E-state index >= 15 is 0 Å². The van der Waals surface area contributed by atoms with Gasteiger partial charge < -0.3 is 5.32 Å². The molecule has 5 nitrogen and oxygen atoms in total. The summed E-state index contributed by atoms with van der Waals surface area (Å²) in [4.78, 5) is 12.7. The lowest BCUT2D eigenvalue weighted by Gasteiger charge is -2.31. The van der Waals surface area contributed by atoms with Crippen LogP contribution in [0.2, 0.25) is 0 Å². The third-order valence-corrected chi connectivity index (χ3v) is 7.00. The summed E-state index contributed by atoms with van der Waals surface area (Å²) in [6.07, 6.45) is 1.39. The van der Waals surface area contributed by atoms with Crippen LogP contribution in [0, 0.1) is 5.92 Å². The molecule has 0 spiro atoms. The monoisotopic (exact) mass is 400 g/mol. The van der Waals surface area contributed by atoms with E-state index in [1.807, 2.05) is 54.6 Å². The van der Waals surface area contributed by atoms with Gasteiger partial charge >= 0.3 is 0 Å². The summed E-state index contributed by atoms with van der Waals surface area (Å²) in [6.45, 7) is 4.97. The normalized spacial score (nSPS) is 18.2. The molecule has 0 radical (unpaired) electrons. The first-order chi connectivity index (χ1) is 13.3. The predicted octanol–water partition coefficient (Wildman–Crippen LogP) is 3.99. The summed E-state index contributed by atoms with van der Waals surface area (Å²) in [7, 11) is -3.44. The van der Waals surface area contributed by atoms with Gasteiger partial charge in [0, 0.05) is 18.8 Å². The number of carbonyl (C=O) groups is 1. The van der Waals surface area contributed by atoms with Crippen LogP contribution in [0.1, 0.15) is 43.7 Å². The van der Waals surface area contributed by atoms with E-state index in [0.717, 1.165) is 11.3 Å². The van der Waals surface area contributed by atoms with Crippen molar-refractivity contribution in [3.05, 3.63) is 65.7 Å². The zero-order valence-electron chi connectivity index (χ0n) is 16.5. The molecule has 150 valence electrons. The highest BCUT2D eigenvalue weighted by atomic mass is 32.2. The Labute approximate surface area is 167 Å². The number of rotatable bonds is 6. The van der Waals surface area contributed by atoms with E-state index in [1.165, 1.54) is 9.87 Å². The molecule has 3 rings (SSSR count). The molecule has 0 bridgehead atoms. The quantitative estimate of drug-likeness (QED) is 0.797. The second kappa shape index (κ2) is 8.88. The number of nitrogens with zero attached hydrogens (tertiary/aromatic N) is 1. The van der Waals surface area contributed by atoms with Crippen molar-refractivity contribution in [3.8, 4) is 0 Å². The Balaban J connectivity index is 1.62. The lowest BCUT2D eigenvalue weighted by atomic mass is 9.98. The summed E-state index contributed by atoms with van der Waals surface area (Å²) < 4.78 is 27.0. The number of piperidine rings is 1. The third-order valence-electron chi connectivity index (χ3n) is 5.19. The molecule has 1 aliphatic rings. The molecule has 1 fully saturated rings. The molecule has 1 heterocycles. The van der Waals surface area contributed by atoms with Gasteiger partial charge in [-0.25, -0.2) is 12.7 Å². The van der Waals surface area contributed by atoms with Gasteiger partial charge in [0.2, 0.25) is 15.9 Å². The molecular formula is C22H28N2O3S. The maximum Gasteiger partial charge on any atom is 0.228 e. The van der Waals surface area contributed by atoms with E-state index in [9.17, 15) is 13.2 Å². The van der Waals surface area contributed by atoms with Crippen molar-refractivity contribution in [2.24, 2.45) is 5.92 Å². The van der Waals surface area contributed by atoms with Crippen molar-refractivity contribution < 1.29 is 13.2 Å². The van der Waals surface area contributed by atoms with Crippen LogP contribution in [0.25, 0.3) is 0 Å². The van der Waals surface area contributed by atoms with E-state index in [4.69, 9.17) is 0 Å². The topological polar surface area (TPSA) is 66.5 Å². The summed E-state index contributed by atoms with van der Waals surface area (Å²) in [5, 5.41) is 2.94. The number of hydrogen-bond donors (Lipinski definition) is 1. The molecule has 2 aromatic rings. The van der Waals surface area contributed by atoms with Gasteiger partial charge in [0.05, 0.1) is 11.7 Å². The molecule has 6 heteroatoms. The summed E-state index contributed by atoms with van der Waals surface area (Å²) >= 11 is 0. The average molecular weight is 401 g/mol. The van der Waals surface area contributed by atoms with Crippen LogP contribution in [-0.2, 0) is 20.6 Å².